The molecule has 0 radical (unpaired) electrons. The molecule has 1 aromatic heterocycles. The SMILES string of the molecule is COC(=O)c1cc2n(n1)C[C@](C)(C(=O)NC1CCCCCC1)N(Cc1ccc(OC(C)C)cc1)C2=O. The highest BCUT2D eigenvalue weighted by molar-refractivity contribution is 6.01. The quantitative estimate of drug-likeness (QED) is 0.463. The van der Waals surface area contributed by atoms with Crippen LogP contribution in [0, 0.1) is 0 Å². The third-order valence-corrected chi connectivity index (χ3v) is 7.01. The van der Waals surface area contributed by atoms with Crippen LogP contribution < -0.4 is 10.1 Å². The molecule has 36 heavy (non-hydrogen) atoms. The Labute approximate surface area is 212 Å². The predicted molar refractivity (Wildman–Crippen MR) is 134 cm³/mol. The Morgan fingerprint density at radius 3 is 2.42 bits per heavy atom. The molecular weight excluding hydrogens is 460 g/mol. The maximum absolute atomic E-state index is 13.8. The summed E-state index contributed by atoms with van der Waals surface area (Å²) in [5.74, 6) is -0.441. The van der Waals surface area contributed by atoms with Gasteiger partial charge in [-0.15, -0.1) is 0 Å². The number of carbonyl (C=O) groups excluding carboxylic acids is 3. The largest absolute Gasteiger partial charge is 0.491 e. The Balaban J connectivity index is 1.65. The van der Waals surface area contributed by atoms with Gasteiger partial charge in [-0.05, 0) is 51.3 Å². The lowest BCUT2D eigenvalue weighted by molar-refractivity contribution is -0.134. The monoisotopic (exact) mass is 496 g/mol. The molecule has 0 spiro atoms. The second-order valence-corrected chi connectivity index (χ2v) is 10.2. The van der Waals surface area contributed by atoms with Crippen molar-refractivity contribution in [1.82, 2.24) is 20.0 Å². The fraction of sp³-hybridized carbons (Fsp3) is 0.556. The summed E-state index contributed by atoms with van der Waals surface area (Å²) in [6, 6.07) is 9.06. The summed E-state index contributed by atoms with van der Waals surface area (Å²) < 4.78 is 12.0. The fourth-order valence-corrected chi connectivity index (χ4v) is 4.99. The summed E-state index contributed by atoms with van der Waals surface area (Å²) in [5.41, 5.74) is -0.0171. The summed E-state index contributed by atoms with van der Waals surface area (Å²) >= 11 is 0. The van der Waals surface area contributed by atoms with Crippen LogP contribution in [0.4, 0.5) is 0 Å². The summed E-state index contributed by atoms with van der Waals surface area (Å²) in [6.07, 6.45) is 6.45. The van der Waals surface area contributed by atoms with Crippen molar-refractivity contribution in [3.05, 3.63) is 47.3 Å². The Kier molecular flexibility index (Phi) is 7.66. The number of nitrogens with zero attached hydrogens (tertiary/aromatic N) is 3. The molecule has 2 amide bonds. The van der Waals surface area contributed by atoms with Crippen molar-refractivity contribution < 1.29 is 23.9 Å². The first kappa shape index (κ1) is 25.7. The lowest BCUT2D eigenvalue weighted by Gasteiger charge is -2.44. The maximum Gasteiger partial charge on any atom is 0.358 e. The number of fused-ring (bicyclic) bond motifs is 1. The third-order valence-electron chi connectivity index (χ3n) is 7.01. The van der Waals surface area contributed by atoms with Crippen molar-refractivity contribution >= 4 is 17.8 Å². The van der Waals surface area contributed by atoms with E-state index in [-0.39, 0.29) is 48.4 Å². The Bertz CT molecular complexity index is 1100. The number of hydrogen-bond donors (Lipinski definition) is 1. The molecule has 9 nitrogen and oxygen atoms in total. The molecule has 4 rings (SSSR count). The van der Waals surface area contributed by atoms with Crippen molar-refractivity contribution in [2.45, 2.75) is 90.1 Å². The minimum Gasteiger partial charge on any atom is -0.491 e. The molecule has 2 aromatic rings. The molecule has 0 unspecified atom stereocenters. The van der Waals surface area contributed by atoms with Crippen molar-refractivity contribution in [3.63, 3.8) is 0 Å². The first-order chi connectivity index (χ1) is 17.2. The summed E-state index contributed by atoms with van der Waals surface area (Å²) in [4.78, 5) is 41.2. The highest BCUT2D eigenvalue weighted by atomic mass is 16.5. The topological polar surface area (TPSA) is 103 Å². The zero-order valence-electron chi connectivity index (χ0n) is 21.6. The van der Waals surface area contributed by atoms with Crippen molar-refractivity contribution in [2.24, 2.45) is 0 Å². The number of esters is 1. The van der Waals surface area contributed by atoms with Crippen LogP contribution in [0.25, 0.3) is 0 Å². The summed E-state index contributed by atoms with van der Waals surface area (Å²) in [7, 11) is 1.27. The van der Waals surface area contributed by atoms with Crippen molar-refractivity contribution in [1.29, 1.82) is 0 Å². The second kappa shape index (κ2) is 10.7. The lowest BCUT2D eigenvalue weighted by atomic mass is 9.93. The van der Waals surface area contributed by atoms with Crippen molar-refractivity contribution in [2.75, 3.05) is 7.11 Å². The van der Waals surface area contributed by atoms with E-state index >= 15 is 0 Å². The first-order valence-electron chi connectivity index (χ1n) is 12.8. The van der Waals surface area contributed by atoms with Gasteiger partial charge in [0.1, 0.15) is 17.0 Å². The smallest absolute Gasteiger partial charge is 0.358 e. The van der Waals surface area contributed by atoms with Gasteiger partial charge < -0.3 is 19.7 Å². The van der Waals surface area contributed by atoms with Gasteiger partial charge in [0.05, 0.1) is 19.8 Å². The predicted octanol–water partition coefficient (Wildman–Crippen LogP) is 3.71. The van der Waals surface area contributed by atoms with Gasteiger partial charge in [0.15, 0.2) is 5.69 Å². The lowest BCUT2D eigenvalue weighted by Crippen LogP contribution is -2.64. The average Bonchev–Trinajstić information content (AvgIpc) is 3.10. The standard InChI is InChI=1S/C27H36N4O5/c1-18(2)36-21-13-11-19(12-14-21)16-30-24(32)23-15-22(25(33)35-4)29-31(23)17-27(30,3)26(34)28-20-9-7-5-6-8-10-20/h11-15,18,20H,5-10,16-17H2,1-4H3,(H,28,34)/t27-/m1/s1. The summed E-state index contributed by atoms with van der Waals surface area (Å²) in [5, 5.41) is 7.51. The molecule has 2 heterocycles. The number of nitrogens with one attached hydrogen (secondary N) is 1. The van der Waals surface area contributed by atoms with Gasteiger partial charge in [-0.1, -0.05) is 37.8 Å². The Morgan fingerprint density at radius 1 is 1.14 bits per heavy atom. The van der Waals surface area contributed by atoms with Crippen LogP contribution in [-0.2, 0) is 22.6 Å². The maximum atomic E-state index is 13.8. The van der Waals surface area contributed by atoms with Gasteiger partial charge in [-0.2, -0.15) is 5.10 Å². The number of benzene rings is 1. The highest BCUT2D eigenvalue weighted by Gasteiger charge is 2.48. The molecule has 1 saturated carbocycles. The fourth-order valence-electron chi connectivity index (χ4n) is 4.99. The molecule has 1 atom stereocenters. The second-order valence-electron chi connectivity index (χ2n) is 10.2. The number of ether oxygens (including phenoxy) is 2. The molecule has 2 aliphatic rings. The molecule has 9 heteroatoms. The van der Waals surface area contributed by atoms with E-state index in [1.54, 1.807) is 11.8 Å². The van der Waals surface area contributed by atoms with E-state index in [1.807, 2.05) is 38.1 Å². The van der Waals surface area contributed by atoms with E-state index in [4.69, 9.17) is 9.47 Å². The molecule has 1 fully saturated rings. The summed E-state index contributed by atoms with van der Waals surface area (Å²) in [6.45, 7) is 6.07. The van der Waals surface area contributed by atoms with Crippen LogP contribution in [0.15, 0.2) is 30.3 Å². The third kappa shape index (κ3) is 5.39. The molecule has 0 bridgehead atoms. The van der Waals surface area contributed by atoms with E-state index in [1.165, 1.54) is 30.7 Å². The van der Waals surface area contributed by atoms with Crippen molar-refractivity contribution in [3.8, 4) is 5.75 Å². The van der Waals surface area contributed by atoms with Gasteiger partial charge in [-0.25, -0.2) is 4.79 Å². The molecule has 1 aromatic carbocycles. The number of carbonyl (C=O) groups is 3. The van der Waals surface area contributed by atoms with Gasteiger partial charge >= 0.3 is 5.97 Å². The van der Waals surface area contributed by atoms with E-state index in [2.05, 4.69) is 10.4 Å². The number of hydrogen-bond acceptors (Lipinski definition) is 6. The van der Waals surface area contributed by atoms with Gasteiger partial charge in [-0.3, -0.25) is 14.3 Å². The highest BCUT2D eigenvalue weighted by Crippen LogP contribution is 2.31. The van der Waals surface area contributed by atoms with E-state index in [9.17, 15) is 14.4 Å². The van der Waals surface area contributed by atoms with Crippen LogP contribution >= 0.6 is 0 Å². The van der Waals surface area contributed by atoms with Crippen LogP contribution in [0.2, 0.25) is 0 Å². The Morgan fingerprint density at radius 2 is 1.81 bits per heavy atom. The zero-order chi connectivity index (χ0) is 25.9. The number of aromatic nitrogens is 2. The minimum atomic E-state index is -1.19. The van der Waals surface area contributed by atoms with Crippen LogP contribution in [-0.4, -0.2) is 57.3 Å². The first-order valence-corrected chi connectivity index (χ1v) is 12.8. The number of methoxy groups -OCH3 is 1. The molecule has 1 aliphatic heterocycles. The van der Waals surface area contributed by atoms with Crippen LogP contribution in [0.1, 0.15) is 85.8 Å². The Hall–Kier alpha value is -3.36. The number of rotatable bonds is 7. The molecule has 194 valence electrons. The van der Waals surface area contributed by atoms with Gasteiger partial charge in [0, 0.05) is 18.7 Å². The average molecular weight is 497 g/mol. The molecule has 0 saturated heterocycles. The van der Waals surface area contributed by atoms with Gasteiger partial charge in [0.25, 0.3) is 5.91 Å². The molecular formula is C27H36N4O5. The van der Waals surface area contributed by atoms with E-state index in [0.29, 0.717) is 0 Å². The van der Waals surface area contributed by atoms with Crippen LogP contribution in [0.3, 0.4) is 0 Å². The molecule has 1 aliphatic carbocycles. The zero-order valence-corrected chi connectivity index (χ0v) is 21.6. The number of amides is 2. The van der Waals surface area contributed by atoms with Crippen LogP contribution in [0.5, 0.6) is 5.75 Å². The minimum absolute atomic E-state index is 0.0458. The van der Waals surface area contributed by atoms with Gasteiger partial charge in [0.2, 0.25) is 5.91 Å². The van der Waals surface area contributed by atoms with E-state index < -0.39 is 11.5 Å². The van der Waals surface area contributed by atoms with E-state index in [0.717, 1.165) is 37.0 Å². The molecule has 1 N–H and O–H groups in total. The normalized spacial score (nSPS) is 20.6.